The first-order valence-electron chi connectivity index (χ1n) is 8.74. The molecule has 0 aliphatic heterocycles. The molecule has 0 heterocycles. The van der Waals surface area contributed by atoms with E-state index in [0.29, 0.717) is 29.9 Å². The van der Waals surface area contributed by atoms with Gasteiger partial charge in [-0.3, -0.25) is 4.18 Å². The second-order valence-electron chi connectivity index (χ2n) is 7.91. The van der Waals surface area contributed by atoms with E-state index in [1.165, 1.54) is 11.1 Å². The van der Waals surface area contributed by atoms with Gasteiger partial charge in [-0.05, 0) is 85.0 Å². The molecule has 5 atom stereocenters. The summed E-state index contributed by atoms with van der Waals surface area (Å²) in [5.74, 6) is 1.69. The summed E-state index contributed by atoms with van der Waals surface area (Å²) in [5.41, 5.74) is 2.35. The molecule has 0 radical (unpaired) electrons. The van der Waals surface area contributed by atoms with E-state index in [0.717, 1.165) is 32.1 Å². The van der Waals surface area contributed by atoms with Gasteiger partial charge < -0.3 is 9.66 Å². The molecule has 132 valence electrons. The van der Waals surface area contributed by atoms with Crippen molar-refractivity contribution in [2.24, 2.45) is 17.3 Å². The molecule has 0 aromatic heterocycles. The predicted molar refractivity (Wildman–Crippen MR) is 87.3 cm³/mol. The van der Waals surface area contributed by atoms with Gasteiger partial charge in [0.25, 0.3) is 0 Å². The monoisotopic (exact) mass is 374 g/mol. The van der Waals surface area contributed by atoms with Crippen molar-refractivity contribution >= 4 is 10.4 Å². The summed E-state index contributed by atoms with van der Waals surface area (Å²) in [7, 11) is -4.66. The van der Waals surface area contributed by atoms with Gasteiger partial charge >= 0.3 is 29.6 Å². The predicted octanol–water partition coefficient (Wildman–Crippen LogP) is 0.0977. The van der Waals surface area contributed by atoms with Crippen molar-refractivity contribution < 1.29 is 51.8 Å². The van der Waals surface area contributed by atoms with Crippen molar-refractivity contribution in [1.82, 2.24) is 0 Å². The second kappa shape index (κ2) is 6.80. The van der Waals surface area contributed by atoms with E-state index in [1.807, 2.05) is 6.07 Å². The normalized spacial score (nSPS) is 36.7. The molecule has 1 N–H and O–H groups in total. The van der Waals surface area contributed by atoms with Crippen molar-refractivity contribution in [2.45, 2.75) is 57.5 Å². The first-order valence-corrected chi connectivity index (χ1v) is 10.1. The molecule has 7 heteroatoms. The average Bonchev–Trinajstić information content (AvgIpc) is 2.82. The van der Waals surface area contributed by atoms with Crippen LogP contribution in [0.2, 0.25) is 0 Å². The molecule has 0 spiro atoms. The smallest absolute Gasteiger partial charge is 0.726 e. The van der Waals surface area contributed by atoms with Gasteiger partial charge in [0, 0.05) is 0 Å². The Balaban J connectivity index is 0.00000182. The molecule has 3 aliphatic rings. The van der Waals surface area contributed by atoms with Crippen molar-refractivity contribution in [3.05, 3.63) is 29.3 Å². The van der Waals surface area contributed by atoms with Crippen LogP contribution in [0.5, 0.6) is 5.75 Å². The van der Waals surface area contributed by atoms with E-state index >= 15 is 0 Å². The number of rotatable bonds is 2. The van der Waals surface area contributed by atoms with Crippen LogP contribution < -0.4 is 29.6 Å². The molecule has 3 unspecified atom stereocenters. The van der Waals surface area contributed by atoms with Crippen molar-refractivity contribution in [1.29, 1.82) is 0 Å². The van der Waals surface area contributed by atoms with Gasteiger partial charge in [0.2, 0.25) is 10.4 Å². The van der Waals surface area contributed by atoms with Crippen LogP contribution in [0.25, 0.3) is 0 Å². The van der Waals surface area contributed by atoms with Crippen LogP contribution in [-0.4, -0.2) is 24.2 Å². The first-order chi connectivity index (χ1) is 11.3. The minimum absolute atomic E-state index is 0. The summed E-state index contributed by atoms with van der Waals surface area (Å²) >= 11 is 0. The topological polar surface area (TPSA) is 86.7 Å². The van der Waals surface area contributed by atoms with Crippen molar-refractivity contribution in [2.75, 3.05) is 0 Å². The zero-order chi connectivity index (χ0) is 17.1. The quantitative estimate of drug-likeness (QED) is 0.451. The minimum atomic E-state index is -4.66. The van der Waals surface area contributed by atoms with Gasteiger partial charge in [0.05, 0.1) is 6.10 Å². The van der Waals surface area contributed by atoms with E-state index < -0.39 is 16.5 Å². The van der Waals surface area contributed by atoms with Gasteiger partial charge in [0.1, 0.15) is 5.75 Å². The zero-order valence-corrected chi connectivity index (χ0v) is 17.6. The molecule has 2 fully saturated rings. The van der Waals surface area contributed by atoms with Crippen LogP contribution >= 0.6 is 0 Å². The van der Waals surface area contributed by atoms with Crippen LogP contribution in [0.1, 0.15) is 56.1 Å². The Morgan fingerprint density at radius 3 is 2.72 bits per heavy atom. The summed E-state index contributed by atoms with van der Waals surface area (Å²) in [6.45, 7) is 2.10. The number of aryl methyl sites for hydroxylation is 1. The number of aromatic hydroxyl groups is 1. The molecule has 5 nitrogen and oxygen atoms in total. The number of phenolic OH excluding ortho intramolecular Hbond substituents is 1. The van der Waals surface area contributed by atoms with E-state index in [1.54, 1.807) is 6.07 Å². The number of hydrogen-bond acceptors (Lipinski definition) is 5. The van der Waals surface area contributed by atoms with Gasteiger partial charge in [0.15, 0.2) is 0 Å². The summed E-state index contributed by atoms with van der Waals surface area (Å²) in [6.07, 6.45) is 4.95. The zero-order valence-electron chi connectivity index (χ0n) is 14.8. The molecule has 4 rings (SSSR count). The van der Waals surface area contributed by atoms with Crippen LogP contribution in [0.3, 0.4) is 0 Å². The van der Waals surface area contributed by atoms with E-state index in [9.17, 15) is 18.1 Å². The van der Waals surface area contributed by atoms with Crippen molar-refractivity contribution in [3.8, 4) is 5.75 Å². The molecule has 0 saturated heterocycles. The van der Waals surface area contributed by atoms with Crippen LogP contribution in [0.15, 0.2) is 18.2 Å². The maximum atomic E-state index is 11.1. The fourth-order valence-corrected chi connectivity index (χ4v) is 6.42. The van der Waals surface area contributed by atoms with Crippen LogP contribution in [0, 0.1) is 17.3 Å². The number of hydrogen-bond donors (Lipinski definition) is 1. The SMILES string of the molecule is C[C@]12CCC3c4ccc(O)cc4CCC3C1CC[C@@H]2OS(=O)(=O)[O-].[Na+]. The molecular formula is C18H23NaO5S. The minimum Gasteiger partial charge on any atom is -0.726 e. The first kappa shape index (κ1) is 19.6. The van der Waals surface area contributed by atoms with Crippen molar-refractivity contribution in [3.63, 3.8) is 0 Å². The summed E-state index contributed by atoms with van der Waals surface area (Å²) in [6, 6.07) is 5.69. The second-order valence-corrected chi connectivity index (χ2v) is 8.92. The standard InChI is InChI=1S/C18H24O5S.Na/c1-18-9-8-14-13-5-3-12(19)10-11(13)2-4-15(14)16(18)6-7-17(18)23-24(20,21)22;/h3,5,10,14-17,19H,2,4,6-9H2,1H3,(H,20,21,22);/q;+1/p-1/t14?,15?,16?,17-,18-;/m0./s1. The molecule has 0 bridgehead atoms. The van der Waals surface area contributed by atoms with E-state index in [4.69, 9.17) is 4.18 Å². The Hall–Kier alpha value is -0.110. The van der Waals surface area contributed by atoms with Gasteiger partial charge in [-0.25, -0.2) is 8.42 Å². The Morgan fingerprint density at radius 1 is 1.24 bits per heavy atom. The summed E-state index contributed by atoms with van der Waals surface area (Å²) < 4.78 is 38.2. The molecule has 3 aliphatic carbocycles. The Morgan fingerprint density at radius 2 is 2.00 bits per heavy atom. The van der Waals surface area contributed by atoms with E-state index in [-0.39, 0.29) is 35.0 Å². The largest absolute Gasteiger partial charge is 1.00 e. The van der Waals surface area contributed by atoms with Gasteiger partial charge in [-0.15, -0.1) is 0 Å². The third-order valence-corrected chi connectivity index (χ3v) is 7.33. The van der Waals surface area contributed by atoms with E-state index in [2.05, 4.69) is 13.0 Å². The molecule has 25 heavy (non-hydrogen) atoms. The maximum absolute atomic E-state index is 11.1. The van der Waals surface area contributed by atoms with Crippen LogP contribution in [0.4, 0.5) is 0 Å². The Kier molecular flexibility index (Phi) is 5.35. The molecule has 0 amide bonds. The van der Waals surface area contributed by atoms with Gasteiger partial charge in [-0.1, -0.05) is 13.0 Å². The molecular weight excluding hydrogens is 351 g/mol. The number of benzene rings is 1. The number of phenols is 1. The fourth-order valence-electron chi connectivity index (χ4n) is 5.82. The van der Waals surface area contributed by atoms with Gasteiger partial charge in [-0.2, -0.15) is 0 Å². The average molecular weight is 374 g/mol. The molecule has 2 saturated carbocycles. The molecule has 1 aromatic carbocycles. The third kappa shape index (κ3) is 3.42. The Labute approximate surface area is 171 Å². The maximum Gasteiger partial charge on any atom is 1.00 e. The summed E-state index contributed by atoms with van der Waals surface area (Å²) in [5, 5.41) is 9.72. The molecule has 1 aromatic rings. The Bertz CT molecular complexity index is 765. The number of fused-ring (bicyclic) bond motifs is 5. The van der Waals surface area contributed by atoms with Crippen LogP contribution in [-0.2, 0) is 21.0 Å². The fraction of sp³-hybridized carbons (Fsp3) is 0.667. The summed E-state index contributed by atoms with van der Waals surface area (Å²) in [4.78, 5) is 0. The third-order valence-electron chi connectivity index (χ3n) is 6.86.